The first-order valence-corrected chi connectivity index (χ1v) is 4.46. The minimum absolute atomic E-state index is 0.0540. The van der Waals surface area contributed by atoms with Crippen LogP contribution < -0.4 is 0 Å². The van der Waals surface area contributed by atoms with Crippen LogP contribution in [0.25, 0.3) is 0 Å². The Hall–Kier alpha value is -0.860. The number of aliphatic hydroxyl groups excluding tert-OH is 1. The summed E-state index contributed by atoms with van der Waals surface area (Å²) in [6, 6.07) is 0. The van der Waals surface area contributed by atoms with Crippen LogP contribution in [0.1, 0.15) is 13.8 Å². The van der Waals surface area contributed by atoms with Gasteiger partial charge in [-0.05, 0) is 5.57 Å². The summed E-state index contributed by atoms with van der Waals surface area (Å²) in [5.74, 6) is 0. The lowest BCUT2D eigenvalue weighted by Crippen LogP contribution is -2.01. The molecule has 0 aromatic heterocycles. The van der Waals surface area contributed by atoms with Gasteiger partial charge in [-0.1, -0.05) is 45.2 Å². The van der Waals surface area contributed by atoms with Gasteiger partial charge in [0.15, 0.2) is 0 Å². The lowest BCUT2D eigenvalue weighted by Gasteiger charge is -1.99. The quantitative estimate of drug-likeness (QED) is 0.507. The van der Waals surface area contributed by atoms with Crippen molar-refractivity contribution in [2.75, 3.05) is 19.8 Å². The van der Waals surface area contributed by atoms with Gasteiger partial charge in [0.2, 0.25) is 0 Å². The zero-order chi connectivity index (χ0) is 10.5. The zero-order valence-electron chi connectivity index (χ0n) is 8.62. The molecule has 2 heteroatoms. The summed E-state index contributed by atoms with van der Waals surface area (Å²) >= 11 is 0. The highest BCUT2D eigenvalue weighted by molar-refractivity contribution is 5.18. The van der Waals surface area contributed by atoms with Gasteiger partial charge in [0.05, 0.1) is 19.8 Å². The third-order valence-corrected chi connectivity index (χ3v) is 0.991. The molecule has 0 aromatic carbocycles. The molecule has 0 radical (unpaired) electrons. The molecule has 0 amide bonds. The first-order chi connectivity index (χ1) is 6.31. The monoisotopic (exact) mass is 184 g/mol. The summed E-state index contributed by atoms with van der Waals surface area (Å²) in [5, 5.41) is 8.37. The maximum Gasteiger partial charge on any atom is 0.0712 e. The van der Waals surface area contributed by atoms with Crippen LogP contribution in [0.2, 0.25) is 0 Å². The Morgan fingerprint density at radius 3 is 2.54 bits per heavy atom. The van der Waals surface area contributed by atoms with Gasteiger partial charge in [0, 0.05) is 0 Å². The van der Waals surface area contributed by atoms with Crippen molar-refractivity contribution < 1.29 is 9.84 Å². The van der Waals surface area contributed by atoms with Gasteiger partial charge in [0.1, 0.15) is 0 Å². The SMILES string of the molecule is C=C/C=C\C(=C)COCCO.CC. The van der Waals surface area contributed by atoms with Crippen molar-refractivity contribution in [3.8, 4) is 0 Å². The fourth-order valence-electron chi connectivity index (χ4n) is 0.520. The van der Waals surface area contributed by atoms with Crippen molar-refractivity contribution in [1.82, 2.24) is 0 Å². The number of aliphatic hydroxyl groups is 1. The number of ether oxygens (including phenoxy) is 1. The van der Waals surface area contributed by atoms with Gasteiger partial charge in [-0.3, -0.25) is 0 Å². The van der Waals surface area contributed by atoms with Crippen molar-refractivity contribution in [1.29, 1.82) is 0 Å². The second-order valence-corrected chi connectivity index (χ2v) is 2.03. The molecule has 0 heterocycles. The van der Waals surface area contributed by atoms with Gasteiger partial charge in [-0.2, -0.15) is 0 Å². The molecule has 0 aliphatic carbocycles. The van der Waals surface area contributed by atoms with E-state index in [2.05, 4.69) is 13.2 Å². The number of hydrogen-bond donors (Lipinski definition) is 1. The first-order valence-electron chi connectivity index (χ1n) is 4.46. The van der Waals surface area contributed by atoms with Crippen LogP contribution in [-0.4, -0.2) is 24.9 Å². The van der Waals surface area contributed by atoms with Crippen molar-refractivity contribution >= 4 is 0 Å². The molecular formula is C11H20O2. The maximum absolute atomic E-state index is 8.37. The third-order valence-electron chi connectivity index (χ3n) is 0.991. The van der Waals surface area contributed by atoms with E-state index in [0.29, 0.717) is 13.2 Å². The topological polar surface area (TPSA) is 29.5 Å². The average Bonchev–Trinajstić information content (AvgIpc) is 2.18. The Morgan fingerprint density at radius 1 is 1.46 bits per heavy atom. The van der Waals surface area contributed by atoms with E-state index < -0.39 is 0 Å². The van der Waals surface area contributed by atoms with E-state index in [4.69, 9.17) is 9.84 Å². The molecule has 0 fully saturated rings. The Labute approximate surface area is 81.2 Å². The van der Waals surface area contributed by atoms with E-state index in [0.717, 1.165) is 5.57 Å². The average molecular weight is 184 g/mol. The van der Waals surface area contributed by atoms with Gasteiger partial charge < -0.3 is 9.84 Å². The predicted octanol–water partition coefficient (Wildman–Crippen LogP) is 2.32. The van der Waals surface area contributed by atoms with Crippen LogP contribution in [-0.2, 0) is 4.74 Å². The highest BCUT2D eigenvalue weighted by Gasteiger charge is 1.87. The lowest BCUT2D eigenvalue weighted by molar-refractivity contribution is 0.109. The van der Waals surface area contributed by atoms with E-state index in [-0.39, 0.29) is 6.61 Å². The van der Waals surface area contributed by atoms with Crippen LogP contribution in [0.3, 0.4) is 0 Å². The van der Waals surface area contributed by atoms with Crippen molar-refractivity contribution in [2.45, 2.75) is 13.8 Å². The summed E-state index contributed by atoms with van der Waals surface area (Å²) in [6.07, 6.45) is 5.30. The van der Waals surface area contributed by atoms with Crippen molar-refractivity contribution in [2.24, 2.45) is 0 Å². The molecule has 2 nitrogen and oxygen atoms in total. The van der Waals surface area contributed by atoms with Crippen molar-refractivity contribution in [3.63, 3.8) is 0 Å². The molecule has 0 spiro atoms. The normalized spacial score (nSPS) is 9.15. The molecule has 1 N–H and O–H groups in total. The molecule has 0 aliphatic rings. The minimum atomic E-state index is 0.0540. The number of allylic oxidation sites excluding steroid dienone is 2. The second-order valence-electron chi connectivity index (χ2n) is 2.03. The van der Waals surface area contributed by atoms with Crippen LogP contribution in [0, 0.1) is 0 Å². The Balaban J connectivity index is 0. The Bertz CT molecular complexity index is 148. The lowest BCUT2D eigenvalue weighted by atomic mass is 10.3. The summed E-state index contributed by atoms with van der Waals surface area (Å²) < 4.78 is 5.01. The largest absolute Gasteiger partial charge is 0.394 e. The highest BCUT2D eigenvalue weighted by Crippen LogP contribution is 1.93. The van der Waals surface area contributed by atoms with Gasteiger partial charge in [-0.15, -0.1) is 0 Å². The second kappa shape index (κ2) is 13.7. The Kier molecular flexibility index (Phi) is 15.5. The van der Waals surface area contributed by atoms with E-state index in [1.165, 1.54) is 0 Å². The smallest absolute Gasteiger partial charge is 0.0712 e. The van der Waals surface area contributed by atoms with Crippen LogP contribution in [0.5, 0.6) is 0 Å². The number of rotatable bonds is 6. The first kappa shape index (κ1) is 14.7. The van der Waals surface area contributed by atoms with Crippen LogP contribution >= 0.6 is 0 Å². The molecule has 0 saturated carbocycles. The molecule has 0 rings (SSSR count). The molecule has 76 valence electrons. The van der Waals surface area contributed by atoms with Gasteiger partial charge in [0.25, 0.3) is 0 Å². The third kappa shape index (κ3) is 14.0. The highest BCUT2D eigenvalue weighted by atomic mass is 16.5. The summed E-state index contributed by atoms with van der Waals surface area (Å²) in [4.78, 5) is 0. The van der Waals surface area contributed by atoms with Gasteiger partial charge in [-0.25, -0.2) is 0 Å². The summed E-state index contributed by atoms with van der Waals surface area (Å²) in [7, 11) is 0. The number of hydrogen-bond acceptors (Lipinski definition) is 2. The summed E-state index contributed by atoms with van der Waals surface area (Å²) in [6.45, 7) is 12.1. The molecule has 0 bridgehead atoms. The fourth-order valence-corrected chi connectivity index (χ4v) is 0.520. The van der Waals surface area contributed by atoms with Crippen LogP contribution in [0.4, 0.5) is 0 Å². The standard InChI is InChI=1S/C9H14O2.C2H6/c1-3-4-5-9(2)8-11-7-6-10;1-2/h3-5,10H,1-2,6-8H2;1-2H3/b5-4-;. The summed E-state index contributed by atoms with van der Waals surface area (Å²) in [5.41, 5.74) is 0.873. The maximum atomic E-state index is 8.37. The minimum Gasteiger partial charge on any atom is -0.394 e. The molecule has 0 unspecified atom stereocenters. The van der Waals surface area contributed by atoms with Crippen molar-refractivity contribution in [3.05, 3.63) is 37.0 Å². The fraction of sp³-hybridized carbons (Fsp3) is 0.455. The molecular weight excluding hydrogens is 164 g/mol. The van der Waals surface area contributed by atoms with E-state index in [9.17, 15) is 0 Å². The van der Waals surface area contributed by atoms with E-state index in [1.54, 1.807) is 12.2 Å². The Morgan fingerprint density at radius 2 is 2.08 bits per heavy atom. The molecule has 0 atom stereocenters. The molecule has 13 heavy (non-hydrogen) atoms. The van der Waals surface area contributed by atoms with E-state index in [1.807, 2.05) is 19.9 Å². The predicted molar refractivity (Wildman–Crippen MR) is 57.7 cm³/mol. The van der Waals surface area contributed by atoms with E-state index >= 15 is 0 Å². The molecule has 0 aromatic rings. The van der Waals surface area contributed by atoms with Gasteiger partial charge >= 0.3 is 0 Å². The van der Waals surface area contributed by atoms with Crippen LogP contribution in [0.15, 0.2) is 37.0 Å². The molecule has 0 aliphatic heterocycles. The zero-order valence-corrected chi connectivity index (χ0v) is 8.62. The molecule has 0 saturated heterocycles.